The van der Waals surface area contributed by atoms with Gasteiger partial charge in [-0.15, -0.1) is 45.3 Å². The van der Waals surface area contributed by atoms with Gasteiger partial charge in [-0.1, -0.05) is 352 Å². The summed E-state index contributed by atoms with van der Waals surface area (Å²) >= 11 is 6.83. The molecule has 11 heteroatoms. The molecule has 0 fully saturated rings. The van der Waals surface area contributed by atoms with Crippen molar-refractivity contribution in [1.82, 2.24) is 29.9 Å². The van der Waals surface area contributed by atoms with Gasteiger partial charge in [0.2, 0.25) is 0 Å². The third-order valence-corrected chi connectivity index (χ3v) is 26.1. The Balaban J connectivity index is 0.000000113. The number of aromatic nitrogens is 6. The lowest BCUT2D eigenvalue weighted by atomic mass is 9.96. The lowest BCUT2D eigenvalue weighted by Crippen LogP contribution is -1.95. The SMILES string of the molecule is c1ccc(-c2ccc(-c3cc(-c4cccc(-c5cccc6c5oc5ccccc56)c4)nc(-c4cccs4)n3)cc2)cc1.c1ccc(-c2ccc(-c3cc(-c4cccc(-c5cccc6c5sc5ccccc56)c4)nc(-c4cccs4)n3)cc2)cc1.c1ccc(-c2ccc(-c3cc(-c4cccc(-c5cccc6ccccc56)c4)nc(-c4cccs4)n3)cc2)cc1. The molecule has 0 radical (unpaired) electrons. The summed E-state index contributed by atoms with van der Waals surface area (Å²) in [5, 5.41) is 13.6. The number of benzene rings is 15. The van der Waals surface area contributed by atoms with Gasteiger partial charge in [0.25, 0.3) is 0 Å². The van der Waals surface area contributed by atoms with E-state index in [4.69, 9.17) is 34.3 Å². The van der Waals surface area contributed by atoms with Crippen molar-refractivity contribution in [2.75, 3.05) is 0 Å². The van der Waals surface area contributed by atoms with E-state index < -0.39 is 0 Å². The third-order valence-electron chi connectivity index (χ3n) is 22.3. The molecule has 8 aromatic heterocycles. The van der Waals surface area contributed by atoms with E-state index in [0.717, 1.165) is 133 Å². The first-order chi connectivity index (χ1) is 60.9. The molecule has 15 aromatic carbocycles. The maximum Gasteiger partial charge on any atom is 0.170 e. The summed E-state index contributed by atoms with van der Waals surface area (Å²) < 4.78 is 8.98. The molecule has 0 N–H and O–H groups in total. The summed E-state index contributed by atoms with van der Waals surface area (Å²) in [6.45, 7) is 0. The van der Waals surface area contributed by atoms with E-state index in [1.54, 1.807) is 34.0 Å². The van der Waals surface area contributed by atoms with Crippen molar-refractivity contribution in [3.63, 3.8) is 0 Å². The third kappa shape index (κ3) is 15.8. The molecule has 123 heavy (non-hydrogen) atoms. The number of nitrogens with zero attached hydrogens (tertiary/aromatic N) is 6. The maximum absolute atomic E-state index is 6.35. The minimum Gasteiger partial charge on any atom is -0.455 e. The largest absolute Gasteiger partial charge is 0.455 e. The summed E-state index contributed by atoms with van der Waals surface area (Å²) in [5.74, 6) is 2.23. The average molecular weight is 1650 g/mol. The highest BCUT2D eigenvalue weighted by molar-refractivity contribution is 7.26. The van der Waals surface area contributed by atoms with Gasteiger partial charge in [0.15, 0.2) is 17.5 Å². The van der Waals surface area contributed by atoms with Crippen molar-refractivity contribution < 1.29 is 4.42 Å². The van der Waals surface area contributed by atoms with Crippen LogP contribution in [0.2, 0.25) is 0 Å². The molecular formula is C112H72N6OS4. The standard InChI is InChI=1S/C38H24N2OS.C38H24N2S2.C36H24N2S/c1-2-9-25(10-3-1)26-18-20-27(21-19-26)33-24-34(40-38(39-33)36-17-8-22-42-36)29-12-6-11-28(23-29)30-14-7-15-32-31-13-4-5-16-35(31)41-37(30)32;1-2-9-25(10-3-1)26-18-20-27(21-19-26)33-24-34(40-38(39-33)36-17-8-22-41-36)29-12-6-11-28(23-29)30-14-7-15-32-31-13-4-5-16-35(31)42-37(30)32;1-2-9-25(10-3-1)26-18-20-28(21-19-26)33-24-34(38-36(37-33)35-17-8-22-39-35)30-14-6-13-29(23-30)32-16-7-12-27-11-4-5-15-31(27)32/h2*1-24H;1-24H. The van der Waals surface area contributed by atoms with Crippen LogP contribution < -0.4 is 0 Å². The van der Waals surface area contributed by atoms with Crippen molar-refractivity contribution in [3.8, 4) is 166 Å². The Morgan fingerprint density at radius 3 is 0.976 bits per heavy atom. The molecule has 0 bridgehead atoms. The Labute approximate surface area is 727 Å². The Kier molecular flexibility index (Phi) is 20.8. The van der Waals surface area contributed by atoms with E-state index in [-0.39, 0.29) is 0 Å². The monoisotopic (exact) mass is 1640 g/mol. The predicted molar refractivity (Wildman–Crippen MR) is 519 cm³/mol. The van der Waals surface area contributed by atoms with Crippen LogP contribution in [0.3, 0.4) is 0 Å². The van der Waals surface area contributed by atoms with Crippen LogP contribution in [0.15, 0.2) is 439 Å². The van der Waals surface area contributed by atoms with Gasteiger partial charge < -0.3 is 4.42 Å². The summed E-state index contributed by atoms with van der Waals surface area (Å²) in [6, 6.07) is 147. The fourth-order valence-corrected chi connectivity index (χ4v) is 19.3. The average Bonchev–Trinajstić information content (AvgIpc) is 1.63. The van der Waals surface area contributed by atoms with Gasteiger partial charge in [-0.3, -0.25) is 0 Å². The van der Waals surface area contributed by atoms with Crippen LogP contribution >= 0.6 is 45.3 Å². The molecular weight excluding hydrogens is 1570 g/mol. The van der Waals surface area contributed by atoms with Crippen molar-refractivity contribution in [2.24, 2.45) is 0 Å². The molecule has 8 heterocycles. The summed E-state index contributed by atoms with van der Waals surface area (Å²) in [5.41, 5.74) is 27.8. The molecule has 0 aliphatic heterocycles. The van der Waals surface area contributed by atoms with Gasteiger partial charge in [-0.05, 0) is 155 Å². The number of hydrogen-bond donors (Lipinski definition) is 0. The van der Waals surface area contributed by atoms with Crippen LogP contribution in [0.25, 0.3) is 219 Å². The number of para-hydroxylation sites is 2. The van der Waals surface area contributed by atoms with Crippen LogP contribution in [-0.2, 0) is 0 Å². The molecule has 0 unspecified atom stereocenters. The second kappa shape index (κ2) is 34.0. The maximum atomic E-state index is 6.35. The Morgan fingerprint density at radius 2 is 0.512 bits per heavy atom. The first kappa shape index (κ1) is 75.4. The van der Waals surface area contributed by atoms with E-state index in [9.17, 15) is 0 Å². The summed E-state index contributed by atoms with van der Waals surface area (Å²) in [7, 11) is 0. The molecule has 580 valence electrons. The van der Waals surface area contributed by atoms with Crippen LogP contribution in [0, 0.1) is 0 Å². The van der Waals surface area contributed by atoms with Gasteiger partial charge in [0.1, 0.15) is 11.2 Å². The molecule has 23 rings (SSSR count). The zero-order chi connectivity index (χ0) is 81.8. The number of furan rings is 1. The second-order valence-corrected chi connectivity index (χ2v) is 33.9. The summed E-state index contributed by atoms with van der Waals surface area (Å²) in [6.07, 6.45) is 0. The van der Waals surface area contributed by atoms with E-state index in [1.165, 1.54) is 86.6 Å². The Morgan fingerprint density at radius 1 is 0.195 bits per heavy atom. The minimum absolute atomic E-state index is 0.731. The molecule has 0 atom stereocenters. The van der Waals surface area contributed by atoms with Crippen molar-refractivity contribution >= 4 is 98.2 Å². The molecule has 0 aliphatic carbocycles. The lowest BCUT2D eigenvalue weighted by molar-refractivity contribution is 0.670. The lowest BCUT2D eigenvalue weighted by Gasteiger charge is -2.11. The minimum atomic E-state index is 0.731. The normalized spacial score (nSPS) is 11.3. The van der Waals surface area contributed by atoms with Gasteiger partial charge in [-0.25, -0.2) is 29.9 Å². The predicted octanol–water partition coefficient (Wildman–Crippen LogP) is 32.0. The Hall–Kier alpha value is -15.1. The molecule has 0 spiro atoms. The van der Waals surface area contributed by atoms with Crippen molar-refractivity contribution in [1.29, 1.82) is 0 Å². The van der Waals surface area contributed by atoms with Crippen molar-refractivity contribution in [3.05, 3.63) is 435 Å². The van der Waals surface area contributed by atoms with Crippen molar-refractivity contribution in [2.45, 2.75) is 0 Å². The zero-order valence-electron chi connectivity index (χ0n) is 66.3. The molecule has 0 saturated carbocycles. The van der Waals surface area contributed by atoms with Gasteiger partial charge in [0, 0.05) is 69.9 Å². The molecule has 7 nitrogen and oxygen atoms in total. The number of fused-ring (bicyclic) bond motifs is 7. The first-order valence-corrected chi connectivity index (χ1v) is 44.2. The first-order valence-electron chi connectivity index (χ1n) is 40.8. The van der Waals surface area contributed by atoms with Crippen LogP contribution in [0.4, 0.5) is 0 Å². The summed E-state index contributed by atoms with van der Waals surface area (Å²) in [4.78, 5) is 33.3. The van der Waals surface area contributed by atoms with Gasteiger partial charge in [-0.2, -0.15) is 0 Å². The van der Waals surface area contributed by atoms with Crippen LogP contribution in [0.1, 0.15) is 0 Å². The molecule has 0 saturated heterocycles. The van der Waals surface area contributed by atoms with Gasteiger partial charge >= 0.3 is 0 Å². The highest BCUT2D eigenvalue weighted by Gasteiger charge is 2.20. The number of hydrogen-bond acceptors (Lipinski definition) is 11. The zero-order valence-corrected chi connectivity index (χ0v) is 69.6. The molecule has 23 aromatic rings. The smallest absolute Gasteiger partial charge is 0.170 e. The van der Waals surface area contributed by atoms with Crippen LogP contribution in [-0.4, -0.2) is 29.9 Å². The Bertz CT molecular complexity index is 7380. The highest BCUT2D eigenvalue weighted by atomic mass is 32.1. The van der Waals surface area contributed by atoms with E-state index in [2.05, 4.69) is 392 Å². The topological polar surface area (TPSA) is 90.5 Å². The van der Waals surface area contributed by atoms with Crippen LogP contribution in [0.5, 0.6) is 0 Å². The second-order valence-electron chi connectivity index (χ2n) is 30.0. The molecule has 0 aliphatic rings. The fourth-order valence-electron chi connectivity index (χ4n) is 16.1. The number of rotatable bonds is 15. The highest BCUT2D eigenvalue weighted by Crippen LogP contribution is 2.44. The van der Waals surface area contributed by atoms with E-state index >= 15 is 0 Å². The van der Waals surface area contributed by atoms with Gasteiger partial charge in [0.05, 0.1) is 48.8 Å². The fraction of sp³-hybridized carbons (Fsp3) is 0. The quantitative estimate of drug-likeness (QED) is 0.101. The molecule has 0 amide bonds. The number of thiophene rings is 4. The van der Waals surface area contributed by atoms with E-state index in [1.807, 2.05) is 53.8 Å². The van der Waals surface area contributed by atoms with E-state index in [0.29, 0.717) is 0 Å².